The lowest BCUT2D eigenvalue weighted by Crippen LogP contribution is -2.29. The normalized spacial score (nSPS) is 13.3. The van der Waals surface area contributed by atoms with Crippen molar-refractivity contribution < 1.29 is 32.2 Å². The molecule has 8 heteroatoms. The van der Waals surface area contributed by atoms with Crippen LogP contribution in [0.3, 0.4) is 0 Å². The first-order chi connectivity index (χ1) is 16.5. The number of halogens is 3. The van der Waals surface area contributed by atoms with Crippen molar-refractivity contribution in [3.63, 3.8) is 0 Å². The molecule has 0 aliphatic heterocycles. The van der Waals surface area contributed by atoms with E-state index in [4.69, 9.17) is 9.47 Å². The summed E-state index contributed by atoms with van der Waals surface area (Å²) in [6, 6.07) is 22.8. The van der Waals surface area contributed by atoms with Gasteiger partial charge in [0.25, 0.3) is 0 Å². The second-order valence-electron chi connectivity index (χ2n) is 8.85. The monoisotopic (exact) mass is 483 g/mol. The zero-order chi connectivity index (χ0) is 25.6. The van der Waals surface area contributed by atoms with Crippen molar-refractivity contribution in [3.8, 4) is 23.3 Å². The first kappa shape index (κ1) is 25.6. The van der Waals surface area contributed by atoms with E-state index in [1.165, 1.54) is 12.1 Å². The Morgan fingerprint density at radius 2 is 1.46 bits per heavy atom. The van der Waals surface area contributed by atoms with Gasteiger partial charge in [0.05, 0.1) is 5.92 Å². The summed E-state index contributed by atoms with van der Waals surface area (Å²) in [6.07, 6.45) is -6.03. The van der Waals surface area contributed by atoms with Gasteiger partial charge in [-0.1, -0.05) is 63.2 Å². The van der Waals surface area contributed by atoms with Crippen LogP contribution in [0.5, 0.6) is 17.2 Å². The predicted octanol–water partition coefficient (Wildman–Crippen LogP) is 7.32. The van der Waals surface area contributed by atoms with Crippen LogP contribution in [-0.2, 0) is 9.53 Å². The fourth-order valence-corrected chi connectivity index (χ4v) is 3.57. The first-order valence-corrected chi connectivity index (χ1v) is 10.7. The Bertz CT molecular complexity index is 1180. The van der Waals surface area contributed by atoms with Crippen molar-refractivity contribution in [2.75, 3.05) is 0 Å². The smallest absolute Gasteiger partial charge is 0.457 e. The number of hydrogen-bond donors (Lipinski definition) is 0. The zero-order valence-corrected chi connectivity index (χ0v) is 19.4. The molecule has 0 spiro atoms. The quantitative estimate of drug-likeness (QED) is 0.330. The van der Waals surface area contributed by atoms with Crippen LogP contribution in [0.1, 0.15) is 43.9 Å². The van der Waals surface area contributed by atoms with Gasteiger partial charge in [-0.2, -0.15) is 5.26 Å². The minimum atomic E-state index is -4.82. The maximum Gasteiger partial charge on any atom is 0.573 e. The lowest BCUT2D eigenvalue weighted by molar-refractivity contribution is -0.274. The van der Waals surface area contributed by atoms with Gasteiger partial charge < -0.3 is 14.2 Å². The highest BCUT2D eigenvalue weighted by Crippen LogP contribution is 2.38. The Morgan fingerprint density at radius 1 is 0.829 bits per heavy atom. The molecule has 182 valence electrons. The van der Waals surface area contributed by atoms with Gasteiger partial charge in [0.1, 0.15) is 23.3 Å². The van der Waals surface area contributed by atoms with Crippen molar-refractivity contribution in [1.82, 2.24) is 0 Å². The molecule has 0 fully saturated rings. The number of carbonyl (C=O) groups excluding carboxylic acids is 1. The number of nitrogens with zero attached hydrogens (tertiary/aromatic N) is 1. The predicted molar refractivity (Wildman–Crippen MR) is 123 cm³/mol. The molecular formula is C27H24F3NO4. The van der Waals surface area contributed by atoms with Crippen molar-refractivity contribution in [2.45, 2.75) is 39.2 Å². The number of hydrogen-bond acceptors (Lipinski definition) is 5. The molecule has 0 bridgehead atoms. The molecule has 0 N–H and O–H groups in total. The number of esters is 1. The molecule has 0 radical (unpaired) electrons. The zero-order valence-electron chi connectivity index (χ0n) is 19.4. The van der Waals surface area contributed by atoms with Crippen LogP contribution in [0.4, 0.5) is 13.2 Å². The molecule has 0 aliphatic rings. The molecule has 2 unspecified atom stereocenters. The van der Waals surface area contributed by atoms with Gasteiger partial charge in [0.2, 0.25) is 6.10 Å². The van der Waals surface area contributed by atoms with Gasteiger partial charge in [-0.05, 0) is 47.4 Å². The summed E-state index contributed by atoms with van der Waals surface area (Å²) in [5.74, 6) is -0.837. The second-order valence-corrected chi connectivity index (χ2v) is 8.85. The third-order valence-electron chi connectivity index (χ3n) is 5.04. The number of nitriles is 1. The van der Waals surface area contributed by atoms with Crippen LogP contribution in [0.2, 0.25) is 0 Å². The summed E-state index contributed by atoms with van der Waals surface area (Å²) in [4.78, 5) is 13.2. The lowest BCUT2D eigenvalue weighted by Gasteiger charge is -2.30. The van der Waals surface area contributed by atoms with E-state index < -0.39 is 35.5 Å². The molecule has 3 aromatic rings. The van der Waals surface area contributed by atoms with E-state index in [9.17, 15) is 23.2 Å². The Morgan fingerprint density at radius 3 is 2.03 bits per heavy atom. The largest absolute Gasteiger partial charge is 0.573 e. The SMILES string of the molecule is CC(C)(C)C(C(=O)OC(C#N)c1cccc(Oc2ccccc2)c1)c1ccc(OC(F)(F)F)cc1. The maximum absolute atomic E-state index is 13.2. The molecule has 0 aliphatic carbocycles. The van der Waals surface area contributed by atoms with Crippen LogP contribution < -0.4 is 9.47 Å². The maximum atomic E-state index is 13.2. The Kier molecular flexibility index (Phi) is 7.70. The molecule has 0 saturated heterocycles. The van der Waals surface area contributed by atoms with Gasteiger partial charge >= 0.3 is 12.3 Å². The van der Waals surface area contributed by atoms with Gasteiger partial charge in [-0.25, -0.2) is 0 Å². The van der Waals surface area contributed by atoms with Crippen LogP contribution in [-0.4, -0.2) is 12.3 Å². The highest BCUT2D eigenvalue weighted by Gasteiger charge is 2.36. The lowest BCUT2D eigenvalue weighted by atomic mass is 9.76. The fraction of sp³-hybridized carbons (Fsp3) is 0.259. The van der Waals surface area contributed by atoms with Gasteiger partial charge in [-0.3, -0.25) is 4.79 Å². The summed E-state index contributed by atoms with van der Waals surface area (Å²) in [5, 5.41) is 9.72. The van der Waals surface area contributed by atoms with Crippen LogP contribution in [0.25, 0.3) is 0 Å². The third kappa shape index (κ3) is 7.24. The molecular weight excluding hydrogens is 459 g/mol. The van der Waals surface area contributed by atoms with Gasteiger partial charge in [-0.15, -0.1) is 13.2 Å². The van der Waals surface area contributed by atoms with E-state index in [1.54, 1.807) is 57.2 Å². The van der Waals surface area contributed by atoms with Crippen LogP contribution in [0, 0.1) is 16.7 Å². The van der Waals surface area contributed by atoms with E-state index in [0.717, 1.165) is 12.1 Å². The summed E-state index contributed by atoms with van der Waals surface area (Å²) < 4.78 is 52.7. The number of para-hydroxylation sites is 1. The number of carbonyl (C=O) groups is 1. The van der Waals surface area contributed by atoms with E-state index >= 15 is 0 Å². The van der Waals surface area contributed by atoms with Gasteiger partial charge in [0.15, 0.2) is 0 Å². The molecule has 0 amide bonds. The summed E-state index contributed by atoms with van der Waals surface area (Å²) in [7, 11) is 0. The van der Waals surface area contributed by atoms with Crippen LogP contribution in [0.15, 0.2) is 78.9 Å². The molecule has 35 heavy (non-hydrogen) atoms. The van der Waals surface area contributed by atoms with E-state index in [2.05, 4.69) is 4.74 Å². The minimum absolute atomic E-state index is 0.396. The van der Waals surface area contributed by atoms with E-state index in [1.807, 2.05) is 24.3 Å². The van der Waals surface area contributed by atoms with Crippen molar-refractivity contribution in [1.29, 1.82) is 5.26 Å². The summed E-state index contributed by atoms with van der Waals surface area (Å²) >= 11 is 0. The second kappa shape index (κ2) is 10.5. The average Bonchev–Trinajstić information content (AvgIpc) is 2.78. The van der Waals surface area contributed by atoms with E-state index in [0.29, 0.717) is 22.6 Å². The summed E-state index contributed by atoms with van der Waals surface area (Å²) in [6.45, 7) is 5.40. The highest BCUT2D eigenvalue weighted by atomic mass is 19.4. The Labute approximate surface area is 201 Å². The first-order valence-electron chi connectivity index (χ1n) is 10.7. The fourth-order valence-electron chi connectivity index (χ4n) is 3.57. The number of rotatable bonds is 7. The number of ether oxygens (including phenoxy) is 3. The average molecular weight is 483 g/mol. The number of alkyl halides is 3. The molecule has 3 rings (SSSR count). The standard InChI is InChI=1S/C27H24F3NO4/c1-26(2,3)24(18-12-14-21(15-13-18)35-27(28,29)30)25(32)34-23(17-31)19-8-7-11-22(16-19)33-20-9-5-4-6-10-20/h4-16,23-24H,1-3H3. The molecule has 2 atom stereocenters. The highest BCUT2D eigenvalue weighted by molar-refractivity contribution is 5.79. The molecule has 0 aromatic heterocycles. The van der Waals surface area contributed by atoms with Crippen molar-refractivity contribution in [3.05, 3.63) is 90.0 Å². The van der Waals surface area contributed by atoms with Gasteiger partial charge in [0, 0.05) is 5.56 Å². The van der Waals surface area contributed by atoms with Crippen molar-refractivity contribution >= 4 is 5.97 Å². The summed E-state index contributed by atoms with van der Waals surface area (Å²) in [5.41, 5.74) is 0.215. The Hall–Kier alpha value is -3.99. The van der Waals surface area contributed by atoms with E-state index in [-0.39, 0.29) is 0 Å². The Balaban J connectivity index is 1.80. The van der Waals surface area contributed by atoms with Crippen LogP contribution >= 0.6 is 0 Å². The molecule has 3 aromatic carbocycles. The molecule has 0 heterocycles. The third-order valence-corrected chi connectivity index (χ3v) is 5.04. The topological polar surface area (TPSA) is 68.6 Å². The molecule has 5 nitrogen and oxygen atoms in total. The number of benzene rings is 3. The molecule has 0 saturated carbocycles. The minimum Gasteiger partial charge on any atom is -0.457 e. The van der Waals surface area contributed by atoms with Crippen molar-refractivity contribution in [2.24, 2.45) is 5.41 Å².